The topological polar surface area (TPSA) is 18.5 Å². The highest BCUT2D eigenvalue weighted by atomic mass is 16.7. The largest absolute Gasteiger partial charge is 0.494 e. The molecule has 0 saturated carbocycles. The molecular formula is C36H41BO2. The van der Waals surface area contributed by atoms with Crippen molar-refractivity contribution in [2.45, 2.75) is 91.3 Å². The molecule has 0 spiro atoms. The summed E-state index contributed by atoms with van der Waals surface area (Å²) in [5, 5.41) is 0. The van der Waals surface area contributed by atoms with E-state index in [1.807, 2.05) is 6.07 Å². The first kappa shape index (κ1) is 28.8. The predicted octanol–water partition coefficient (Wildman–Crippen LogP) is 7.38. The predicted molar refractivity (Wildman–Crippen MR) is 164 cm³/mol. The van der Waals surface area contributed by atoms with Gasteiger partial charge in [0.1, 0.15) is 0 Å². The number of rotatable bonds is 1. The molecule has 200 valence electrons. The summed E-state index contributed by atoms with van der Waals surface area (Å²) in [6.45, 7) is 21.6. The van der Waals surface area contributed by atoms with Crippen LogP contribution in [0.2, 0.25) is 0 Å². The number of hydrogen-bond donors (Lipinski definition) is 0. The summed E-state index contributed by atoms with van der Waals surface area (Å²) >= 11 is 0. The van der Waals surface area contributed by atoms with Gasteiger partial charge in [0.2, 0.25) is 0 Å². The highest BCUT2D eigenvalue weighted by molar-refractivity contribution is 6.62. The summed E-state index contributed by atoms with van der Waals surface area (Å²) in [5.74, 6) is 13.4. The third kappa shape index (κ3) is 6.86. The van der Waals surface area contributed by atoms with E-state index in [2.05, 4.69) is 154 Å². The second kappa shape index (κ2) is 10.4. The Morgan fingerprint density at radius 2 is 0.846 bits per heavy atom. The monoisotopic (exact) mass is 516 g/mol. The van der Waals surface area contributed by atoms with Crippen LogP contribution in [0.3, 0.4) is 0 Å². The lowest BCUT2D eigenvalue weighted by Gasteiger charge is -2.32. The van der Waals surface area contributed by atoms with Gasteiger partial charge in [0, 0.05) is 22.3 Å². The van der Waals surface area contributed by atoms with Crippen molar-refractivity contribution in [2.75, 3.05) is 0 Å². The minimum absolute atomic E-state index is 0.115. The van der Waals surface area contributed by atoms with Gasteiger partial charge < -0.3 is 9.31 Å². The van der Waals surface area contributed by atoms with E-state index >= 15 is 0 Å². The van der Waals surface area contributed by atoms with E-state index in [0.717, 1.165) is 27.7 Å². The minimum Gasteiger partial charge on any atom is -0.399 e. The lowest BCUT2D eigenvalue weighted by molar-refractivity contribution is 0.00578. The van der Waals surface area contributed by atoms with Gasteiger partial charge in [-0.05, 0) is 97.6 Å². The van der Waals surface area contributed by atoms with Crippen LogP contribution in [0.25, 0.3) is 0 Å². The van der Waals surface area contributed by atoms with Gasteiger partial charge in [-0.1, -0.05) is 89.5 Å². The molecule has 1 fully saturated rings. The Bertz CT molecular complexity index is 1350. The molecule has 1 saturated heterocycles. The van der Waals surface area contributed by atoms with Gasteiger partial charge in [-0.2, -0.15) is 0 Å². The second-order valence-electron chi connectivity index (χ2n) is 13.6. The van der Waals surface area contributed by atoms with Crippen molar-refractivity contribution >= 4 is 12.6 Å². The van der Waals surface area contributed by atoms with Crippen molar-refractivity contribution in [3.05, 3.63) is 100 Å². The quantitative estimate of drug-likeness (QED) is 0.248. The van der Waals surface area contributed by atoms with E-state index in [0.29, 0.717) is 0 Å². The van der Waals surface area contributed by atoms with E-state index in [-0.39, 0.29) is 10.8 Å². The van der Waals surface area contributed by atoms with Crippen molar-refractivity contribution in [1.29, 1.82) is 0 Å². The minimum atomic E-state index is -0.477. The fourth-order valence-corrected chi connectivity index (χ4v) is 4.31. The molecule has 0 aliphatic carbocycles. The summed E-state index contributed by atoms with van der Waals surface area (Å²) in [5.41, 5.74) is 6.64. The van der Waals surface area contributed by atoms with Crippen LogP contribution in [0.15, 0.2) is 66.7 Å². The van der Waals surface area contributed by atoms with E-state index < -0.39 is 18.3 Å². The van der Waals surface area contributed by atoms with Crippen molar-refractivity contribution in [3.8, 4) is 23.7 Å². The Morgan fingerprint density at radius 3 is 1.18 bits per heavy atom. The first-order chi connectivity index (χ1) is 18.0. The molecule has 0 atom stereocenters. The Labute approximate surface area is 236 Å². The summed E-state index contributed by atoms with van der Waals surface area (Å²) in [4.78, 5) is 0. The lowest BCUT2D eigenvalue weighted by atomic mass is 9.77. The summed E-state index contributed by atoms with van der Waals surface area (Å²) in [6.07, 6.45) is 0. The molecule has 0 radical (unpaired) electrons. The van der Waals surface area contributed by atoms with Crippen LogP contribution in [-0.2, 0) is 20.1 Å². The maximum Gasteiger partial charge on any atom is 0.494 e. The first-order valence-corrected chi connectivity index (χ1v) is 13.8. The third-order valence-corrected chi connectivity index (χ3v) is 7.68. The molecule has 4 rings (SSSR count). The molecular weight excluding hydrogens is 475 g/mol. The maximum atomic E-state index is 6.36. The molecule has 0 unspecified atom stereocenters. The molecule has 39 heavy (non-hydrogen) atoms. The van der Waals surface area contributed by atoms with Crippen LogP contribution >= 0.6 is 0 Å². The fraction of sp³-hybridized carbons (Fsp3) is 0.389. The van der Waals surface area contributed by atoms with Crippen molar-refractivity contribution < 1.29 is 9.31 Å². The Morgan fingerprint density at radius 1 is 0.513 bits per heavy atom. The van der Waals surface area contributed by atoms with Crippen LogP contribution in [-0.4, -0.2) is 18.3 Å². The standard InChI is InChI=1S/C36H41BO2/c1-33(2,3)30-19-15-26(16-20-30)11-13-28-23-29(14-12-27-17-21-31(22-18-27)34(4,5)6)25-32(24-28)37-38-35(7,8)36(9,10)39-37/h15-25H,1-10H3. The Hall–Kier alpha value is -3.24. The van der Waals surface area contributed by atoms with Crippen LogP contribution in [0, 0.1) is 23.7 Å². The highest BCUT2D eigenvalue weighted by Crippen LogP contribution is 2.36. The molecule has 0 N–H and O–H groups in total. The molecule has 0 bridgehead atoms. The zero-order chi connectivity index (χ0) is 28.6. The molecule has 0 aromatic heterocycles. The van der Waals surface area contributed by atoms with Crippen LogP contribution in [0.5, 0.6) is 0 Å². The van der Waals surface area contributed by atoms with Gasteiger partial charge in [-0.15, -0.1) is 0 Å². The van der Waals surface area contributed by atoms with Crippen molar-refractivity contribution in [3.63, 3.8) is 0 Å². The van der Waals surface area contributed by atoms with Gasteiger partial charge in [0.05, 0.1) is 11.2 Å². The van der Waals surface area contributed by atoms with Crippen LogP contribution in [0.4, 0.5) is 0 Å². The van der Waals surface area contributed by atoms with E-state index in [4.69, 9.17) is 9.31 Å². The summed E-state index contributed by atoms with van der Waals surface area (Å²) < 4.78 is 12.7. The van der Waals surface area contributed by atoms with Crippen molar-refractivity contribution in [2.24, 2.45) is 0 Å². The van der Waals surface area contributed by atoms with Crippen LogP contribution in [0.1, 0.15) is 103 Å². The van der Waals surface area contributed by atoms with E-state index in [1.54, 1.807) is 0 Å². The average molecular weight is 517 g/mol. The second-order valence-corrected chi connectivity index (χ2v) is 13.6. The summed E-state index contributed by atoms with van der Waals surface area (Å²) in [7, 11) is -0.477. The molecule has 3 heteroatoms. The lowest BCUT2D eigenvalue weighted by Crippen LogP contribution is -2.41. The maximum absolute atomic E-state index is 6.36. The molecule has 2 nitrogen and oxygen atoms in total. The van der Waals surface area contributed by atoms with Crippen LogP contribution < -0.4 is 5.46 Å². The van der Waals surface area contributed by atoms with Gasteiger partial charge in [-0.25, -0.2) is 0 Å². The normalized spacial score (nSPS) is 16.2. The third-order valence-electron chi connectivity index (χ3n) is 7.68. The number of benzene rings is 3. The molecule has 3 aromatic carbocycles. The molecule has 0 amide bonds. The van der Waals surface area contributed by atoms with Gasteiger partial charge in [-0.3, -0.25) is 0 Å². The summed E-state index contributed by atoms with van der Waals surface area (Å²) in [6, 6.07) is 23.2. The molecule has 1 aliphatic rings. The van der Waals surface area contributed by atoms with E-state index in [1.165, 1.54) is 11.1 Å². The number of hydrogen-bond acceptors (Lipinski definition) is 2. The zero-order valence-corrected chi connectivity index (χ0v) is 25.2. The van der Waals surface area contributed by atoms with Gasteiger partial charge in [0.15, 0.2) is 0 Å². The zero-order valence-electron chi connectivity index (χ0n) is 25.2. The van der Waals surface area contributed by atoms with Gasteiger partial charge in [0.25, 0.3) is 0 Å². The fourth-order valence-electron chi connectivity index (χ4n) is 4.31. The van der Waals surface area contributed by atoms with E-state index in [9.17, 15) is 0 Å². The SMILES string of the molecule is CC(C)(C)c1ccc(C#Cc2cc(C#Cc3ccc(C(C)(C)C)cc3)cc(B3OC(C)(C)C(C)(C)O3)c2)cc1. The van der Waals surface area contributed by atoms with Gasteiger partial charge >= 0.3 is 7.12 Å². The Balaban J connectivity index is 1.69. The molecule has 3 aromatic rings. The molecule has 1 heterocycles. The average Bonchev–Trinajstić information content (AvgIpc) is 3.07. The molecule has 1 aliphatic heterocycles. The Kier molecular flexibility index (Phi) is 7.66. The smallest absolute Gasteiger partial charge is 0.399 e. The van der Waals surface area contributed by atoms with Crippen molar-refractivity contribution in [1.82, 2.24) is 0 Å². The first-order valence-electron chi connectivity index (χ1n) is 13.8. The highest BCUT2D eigenvalue weighted by Gasteiger charge is 2.51.